The summed E-state index contributed by atoms with van der Waals surface area (Å²) in [4.78, 5) is 36.5. The summed E-state index contributed by atoms with van der Waals surface area (Å²) < 4.78 is 42.3. The Labute approximate surface area is 226 Å². The number of fused-ring (bicyclic) bond motifs is 3. The molecule has 0 aliphatic heterocycles. The van der Waals surface area contributed by atoms with Crippen LogP contribution in [-0.2, 0) is 12.6 Å². The summed E-state index contributed by atoms with van der Waals surface area (Å²) in [5.41, 5.74) is 6.34. The zero-order chi connectivity index (χ0) is 28.0. The number of alkyl halides is 3. The fraction of sp³-hybridized carbons (Fsp3) is 0.100. The van der Waals surface area contributed by atoms with Gasteiger partial charge in [-0.3, -0.25) is 9.59 Å². The standard InChI is InChI=1S/C30H20F3N5O2/c1-17-2-4-22(11-26(17)18-3-5-25-19(6-18)9-28-27(25)12-34-15-35-28)37-29(40)20-7-21(30(31,32)33)10-24(8-20)38-13-23(14-39)36-16-38/h2-8,10-16H,9H2,1H3,(H,37,40). The number of anilines is 1. The number of amides is 1. The van der Waals surface area contributed by atoms with Crippen LogP contribution in [0.2, 0.25) is 0 Å². The monoisotopic (exact) mass is 539 g/mol. The quantitative estimate of drug-likeness (QED) is 0.260. The first-order valence-corrected chi connectivity index (χ1v) is 12.3. The Kier molecular flexibility index (Phi) is 6.02. The second kappa shape index (κ2) is 9.57. The number of aromatic nitrogens is 4. The van der Waals surface area contributed by atoms with E-state index in [4.69, 9.17) is 0 Å². The summed E-state index contributed by atoms with van der Waals surface area (Å²) >= 11 is 0. The molecule has 0 radical (unpaired) electrons. The van der Waals surface area contributed by atoms with E-state index in [0.717, 1.165) is 51.2 Å². The largest absolute Gasteiger partial charge is 0.416 e. The smallest absolute Gasteiger partial charge is 0.322 e. The van der Waals surface area contributed by atoms with E-state index in [2.05, 4.69) is 26.3 Å². The molecule has 2 aromatic heterocycles. The number of hydrogen-bond donors (Lipinski definition) is 1. The molecule has 0 spiro atoms. The molecular weight excluding hydrogens is 519 g/mol. The van der Waals surface area contributed by atoms with Gasteiger partial charge in [0.25, 0.3) is 5.91 Å². The van der Waals surface area contributed by atoms with Crippen molar-refractivity contribution >= 4 is 17.9 Å². The zero-order valence-electron chi connectivity index (χ0n) is 21.0. The molecule has 1 N–H and O–H groups in total. The van der Waals surface area contributed by atoms with Crippen molar-refractivity contribution < 1.29 is 22.8 Å². The third-order valence-corrected chi connectivity index (χ3v) is 6.88. The van der Waals surface area contributed by atoms with Crippen LogP contribution in [0.3, 0.4) is 0 Å². The van der Waals surface area contributed by atoms with Crippen LogP contribution in [0, 0.1) is 6.92 Å². The van der Waals surface area contributed by atoms with Crippen molar-refractivity contribution in [1.29, 1.82) is 0 Å². The van der Waals surface area contributed by atoms with Crippen molar-refractivity contribution in [2.45, 2.75) is 19.5 Å². The molecule has 6 rings (SSSR count). The molecule has 1 amide bonds. The Morgan fingerprint density at radius 3 is 2.62 bits per heavy atom. The molecule has 2 heterocycles. The molecule has 3 aromatic carbocycles. The minimum absolute atomic E-state index is 0.0500. The first kappa shape index (κ1) is 25.2. The lowest BCUT2D eigenvalue weighted by Crippen LogP contribution is -2.15. The van der Waals surface area contributed by atoms with Gasteiger partial charge in [-0.05, 0) is 65.1 Å². The van der Waals surface area contributed by atoms with E-state index in [1.807, 2.05) is 31.3 Å². The highest BCUT2D eigenvalue weighted by Gasteiger charge is 2.32. The number of nitrogens with one attached hydrogen (secondary N) is 1. The molecule has 10 heteroatoms. The maximum absolute atomic E-state index is 13.7. The van der Waals surface area contributed by atoms with Gasteiger partial charge in [-0.25, -0.2) is 15.0 Å². The third-order valence-electron chi connectivity index (χ3n) is 6.88. The van der Waals surface area contributed by atoms with Crippen LogP contribution in [0.4, 0.5) is 18.9 Å². The molecule has 0 fully saturated rings. The average Bonchev–Trinajstić information content (AvgIpc) is 3.58. The molecule has 1 aliphatic rings. The first-order valence-electron chi connectivity index (χ1n) is 12.3. The highest BCUT2D eigenvalue weighted by atomic mass is 19.4. The maximum atomic E-state index is 13.7. The normalized spacial score (nSPS) is 12.1. The van der Waals surface area contributed by atoms with Gasteiger partial charge in [0.05, 0.1) is 11.3 Å². The maximum Gasteiger partial charge on any atom is 0.416 e. The third kappa shape index (κ3) is 4.64. The van der Waals surface area contributed by atoms with Gasteiger partial charge in [-0.1, -0.05) is 24.3 Å². The number of aryl methyl sites for hydroxylation is 1. The molecule has 0 bridgehead atoms. The average molecular weight is 540 g/mol. The number of aldehydes is 1. The van der Waals surface area contributed by atoms with Crippen molar-refractivity contribution in [3.8, 4) is 27.9 Å². The zero-order valence-corrected chi connectivity index (χ0v) is 21.0. The topological polar surface area (TPSA) is 89.8 Å². The Morgan fingerprint density at radius 2 is 1.85 bits per heavy atom. The Hall–Kier alpha value is -5.12. The first-order chi connectivity index (χ1) is 19.2. The molecule has 7 nitrogen and oxygen atoms in total. The van der Waals surface area contributed by atoms with Crippen LogP contribution in [-0.4, -0.2) is 31.7 Å². The fourth-order valence-electron chi connectivity index (χ4n) is 4.88. The molecule has 0 unspecified atom stereocenters. The van der Waals surface area contributed by atoms with Gasteiger partial charge in [0.2, 0.25) is 0 Å². The number of nitrogens with zero attached hydrogens (tertiary/aromatic N) is 4. The van der Waals surface area contributed by atoms with Crippen LogP contribution in [0.15, 0.2) is 79.6 Å². The number of hydrogen-bond acceptors (Lipinski definition) is 5. The van der Waals surface area contributed by atoms with E-state index >= 15 is 0 Å². The summed E-state index contributed by atoms with van der Waals surface area (Å²) in [5, 5.41) is 2.73. The Bertz CT molecular complexity index is 1810. The van der Waals surface area contributed by atoms with E-state index in [1.54, 1.807) is 12.1 Å². The summed E-state index contributed by atoms with van der Waals surface area (Å²) in [6, 6.07) is 14.5. The van der Waals surface area contributed by atoms with E-state index in [-0.39, 0.29) is 16.9 Å². The molecule has 40 heavy (non-hydrogen) atoms. The lowest BCUT2D eigenvalue weighted by molar-refractivity contribution is -0.137. The second-order valence-corrected chi connectivity index (χ2v) is 9.51. The minimum atomic E-state index is -4.69. The van der Waals surface area contributed by atoms with Crippen LogP contribution >= 0.6 is 0 Å². The Balaban J connectivity index is 1.31. The van der Waals surface area contributed by atoms with Crippen molar-refractivity contribution in [3.05, 3.63) is 113 Å². The molecule has 5 aromatic rings. The van der Waals surface area contributed by atoms with Crippen LogP contribution < -0.4 is 5.32 Å². The van der Waals surface area contributed by atoms with E-state index in [0.29, 0.717) is 18.4 Å². The van der Waals surface area contributed by atoms with Crippen molar-refractivity contribution in [2.75, 3.05) is 5.32 Å². The predicted octanol–water partition coefficient (Wildman–Crippen LogP) is 6.29. The van der Waals surface area contributed by atoms with Crippen molar-refractivity contribution in [2.24, 2.45) is 0 Å². The number of benzene rings is 3. The summed E-state index contributed by atoms with van der Waals surface area (Å²) in [6.45, 7) is 1.95. The lowest BCUT2D eigenvalue weighted by atomic mass is 9.96. The van der Waals surface area contributed by atoms with Gasteiger partial charge in [-0.2, -0.15) is 13.2 Å². The Morgan fingerprint density at radius 1 is 1.00 bits per heavy atom. The summed E-state index contributed by atoms with van der Waals surface area (Å²) in [6.07, 6.45) is 2.35. The van der Waals surface area contributed by atoms with E-state index in [1.165, 1.54) is 29.5 Å². The predicted molar refractivity (Wildman–Crippen MR) is 142 cm³/mol. The summed E-state index contributed by atoms with van der Waals surface area (Å²) in [5.74, 6) is -0.708. The number of carbonyl (C=O) groups excluding carboxylic acids is 2. The molecular formula is C30H20F3N5O2. The fourth-order valence-corrected chi connectivity index (χ4v) is 4.88. The van der Waals surface area contributed by atoms with E-state index in [9.17, 15) is 22.8 Å². The summed E-state index contributed by atoms with van der Waals surface area (Å²) in [7, 11) is 0. The van der Waals surface area contributed by atoms with Crippen molar-refractivity contribution in [1.82, 2.24) is 19.5 Å². The highest BCUT2D eigenvalue weighted by Crippen LogP contribution is 2.38. The molecule has 198 valence electrons. The molecule has 1 aliphatic carbocycles. The number of rotatable bonds is 5. The highest BCUT2D eigenvalue weighted by molar-refractivity contribution is 6.05. The number of halogens is 3. The molecule has 0 saturated heterocycles. The molecule has 0 saturated carbocycles. The number of carbonyl (C=O) groups is 2. The van der Waals surface area contributed by atoms with E-state index < -0.39 is 17.6 Å². The van der Waals surface area contributed by atoms with Crippen molar-refractivity contribution in [3.63, 3.8) is 0 Å². The second-order valence-electron chi connectivity index (χ2n) is 9.51. The SMILES string of the molecule is Cc1ccc(NC(=O)c2cc(-n3cnc(C=O)c3)cc(C(F)(F)F)c2)cc1-c1ccc2c(c1)Cc1ncncc1-2. The van der Waals surface area contributed by atoms with Gasteiger partial charge in [0.1, 0.15) is 18.3 Å². The van der Waals surface area contributed by atoms with Crippen LogP contribution in [0.1, 0.15) is 43.2 Å². The van der Waals surface area contributed by atoms with Gasteiger partial charge in [-0.15, -0.1) is 0 Å². The lowest BCUT2D eigenvalue weighted by Gasteiger charge is -2.14. The minimum Gasteiger partial charge on any atom is -0.322 e. The van der Waals surface area contributed by atoms with Crippen LogP contribution in [0.25, 0.3) is 27.9 Å². The van der Waals surface area contributed by atoms with Gasteiger partial charge in [0, 0.05) is 41.3 Å². The number of imidazole rings is 1. The van der Waals surface area contributed by atoms with Gasteiger partial charge >= 0.3 is 6.18 Å². The van der Waals surface area contributed by atoms with Gasteiger partial charge in [0.15, 0.2) is 6.29 Å². The molecule has 0 atom stereocenters. The van der Waals surface area contributed by atoms with Crippen LogP contribution in [0.5, 0.6) is 0 Å². The van der Waals surface area contributed by atoms with Gasteiger partial charge < -0.3 is 9.88 Å².